The molecule has 1 fully saturated rings. The van der Waals surface area contributed by atoms with Gasteiger partial charge >= 0.3 is 0 Å². The third-order valence-electron chi connectivity index (χ3n) is 3.43. The Morgan fingerprint density at radius 3 is 2.63 bits per heavy atom. The number of hydrogen-bond acceptors (Lipinski definition) is 4. The van der Waals surface area contributed by atoms with Gasteiger partial charge in [-0.05, 0) is 24.1 Å². The lowest BCUT2D eigenvalue weighted by molar-refractivity contribution is 0.0261. The van der Waals surface area contributed by atoms with Crippen LogP contribution in [0.5, 0.6) is 11.5 Å². The minimum atomic E-state index is 0.0354. The maximum atomic E-state index is 5.81. The number of nitrogens with one attached hydrogen (secondary N) is 1. The standard InChI is InChI=1S/C15H23NO3/c1-4-5-11-8-14(18-3)12(9-13(11)17-2)15-10-16-6-7-19-15/h8-9,15-16H,4-7,10H2,1-3H3. The highest BCUT2D eigenvalue weighted by molar-refractivity contribution is 5.48. The topological polar surface area (TPSA) is 39.7 Å². The molecule has 4 nitrogen and oxygen atoms in total. The molecule has 0 aromatic heterocycles. The average Bonchev–Trinajstić information content (AvgIpc) is 2.48. The van der Waals surface area contributed by atoms with E-state index in [4.69, 9.17) is 14.2 Å². The molecule has 4 heteroatoms. The van der Waals surface area contributed by atoms with Crippen LogP contribution in [-0.4, -0.2) is 33.9 Å². The van der Waals surface area contributed by atoms with Crippen LogP contribution in [0.4, 0.5) is 0 Å². The normalized spacial score (nSPS) is 19.2. The van der Waals surface area contributed by atoms with Crippen molar-refractivity contribution in [1.29, 1.82) is 0 Å². The van der Waals surface area contributed by atoms with E-state index in [0.717, 1.165) is 49.6 Å². The summed E-state index contributed by atoms with van der Waals surface area (Å²) in [5, 5.41) is 3.34. The van der Waals surface area contributed by atoms with Crippen molar-refractivity contribution >= 4 is 0 Å². The predicted molar refractivity (Wildman–Crippen MR) is 75.1 cm³/mol. The molecule has 1 aromatic rings. The molecule has 0 aliphatic carbocycles. The van der Waals surface area contributed by atoms with Crippen molar-refractivity contribution in [3.63, 3.8) is 0 Å². The Hall–Kier alpha value is -1.26. The summed E-state index contributed by atoms with van der Waals surface area (Å²) < 4.78 is 16.8. The molecule has 0 amide bonds. The molecule has 0 saturated carbocycles. The van der Waals surface area contributed by atoms with Crippen LogP contribution in [0.3, 0.4) is 0 Å². The van der Waals surface area contributed by atoms with Gasteiger partial charge in [-0.3, -0.25) is 0 Å². The zero-order valence-electron chi connectivity index (χ0n) is 12.0. The van der Waals surface area contributed by atoms with Crippen LogP contribution in [0.25, 0.3) is 0 Å². The largest absolute Gasteiger partial charge is 0.496 e. The molecule has 19 heavy (non-hydrogen) atoms. The summed E-state index contributed by atoms with van der Waals surface area (Å²) in [6, 6.07) is 4.14. The van der Waals surface area contributed by atoms with Crippen LogP contribution in [0, 0.1) is 0 Å². The van der Waals surface area contributed by atoms with Crippen LogP contribution >= 0.6 is 0 Å². The van der Waals surface area contributed by atoms with Gasteiger partial charge in [0.2, 0.25) is 0 Å². The van der Waals surface area contributed by atoms with E-state index < -0.39 is 0 Å². The second-order valence-corrected chi connectivity index (χ2v) is 4.72. The van der Waals surface area contributed by atoms with E-state index in [1.54, 1.807) is 14.2 Å². The van der Waals surface area contributed by atoms with E-state index in [1.165, 1.54) is 5.56 Å². The fourth-order valence-electron chi connectivity index (χ4n) is 2.47. The first-order chi connectivity index (χ1) is 9.30. The Morgan fingerprint density at radius 1 is 1.26 bits per heavy atom. The molecule has 0 spiro atoms. The Kier molecular flexibility index (Phi) is 5.05. The summed E-state index contributed by atoms with van der Waals surface area (Å²) in [6.45, 7) is 4.61. The Balaban J connectivity index is 2.35. The Labute approximate surface area is 115 Å². The molecular weight excluding hydrogens is 242 g/mol. The monoisotopic (exact) mass is 265 g/mol. The van der Waals surface area contributed by atoms with Gasteiger partial charge in [0.05, 0.1) is 26.9 Å². The van der Waals surface area contributed by atoms with Crippen molar-refractivity contribution in [2.24, 2.45) is 0 Å². The summed E-state index contributed by atoms with van der Waals surface area (Å²) in [6.07, 6.45) is 2.11. The molecule has 0 bridgehead atoms. The van der Waals surface area contributed by atoms with Gasteiger partial charge < -0.3 is 19.5 Å². The Bertz CT molecular complexity index is 414. The van der Waals surface area contributed by atoms with E-state index in [1.807, 2.05) is 0 Å². The zero-order chi connectivity index (χ0) is 13.7. The third kappa shape index (κ3) is 3.19. The number of benzene rings is 1. The van der Waals surface area contributed by atoms with E-state index in [-0.39, 0.29) is 6.10 Å². The molecule has 2 rings (SSSR count). The maximum Gasteiger partial charge on any atom is 0.125 e. The van der Waals surface area contributed by atoms with E-state index >= 15 is 0 Å². The molecular formula is C15H23NO3. The first-order valence-electron chi connectivity index (χ1n) is 6.87. The van der Waals surface area contributed by atoms with Crippen LogP contribution < -0.4 is 14.8 Å². The molecule has 1 heterocycles. The highest BCUT2D eigenvalue weighted by Gasteiger charge is 2.21. The van der Waals surface area contributed by atoms with Gasteiger partial charge in [-0.1, -0.05) is 13.3 Å². The van der Waals surface area contributed by atoms with Gasteiger partial charge in [0.15, 0.2) is 0 Å². The number of morpholine rings is 1. The predicted octanol–water partition coefficient (Wildman–Crippen LogP) is 2.32. The number of hydrogen-bond donors (Lipinski definition) is 1. The Morgan fingerprint density at radius 2 is 2.05 bits per heavy atom. The second-order valence-electron chi connectivity index (χ2n) is 4.72. The fourth-order valence-corrected chi connectivity index (χ4v) is 2.47. The van der Waals surface area contributed by atoms with Crippen molar-refractivity contribution in [3.05, 3.63) is 23.3 Å². The average molecular weight is 265 g/mol. The summed E-state index contributed by atoms with van der Waals surface area (Å²) in [5.41, 5.74) is 2.25. The minimum absolute atomic E-state index is 0.0354. The lowest BCUT2D eigenvalue weighted by Gasteiger charge is -2.26. The molecule has 1 aliphatic rings. The molecule has 1 atom stereocenters. The summed E-state index contributed by atoms with van der Waals surface area (Å²) in [5.74, 6) is 1.81. The molecule has 1 aromatic carbocycles. The second kappa shape index (κ2) is 6.78. The van der Waals surface area contributed by atoms with Crippen molar-refractivity contribution in [3.8, 4) is 11.5 Å². The smallest absolute Gasteiger partial charge is 0.125 e. The quantitative estimate of drug-likeness (QED) is 0.887. The maximum absolute atomic E-state index is 5.81. The number of aryl methyl sites for hydroxylation is 1. The molecule has 1 saturated heterocycles. The van der Waals surface area contributed by atoms with Crippen LogP contribution in [0.15, 0.2) is 12.1 Å². The third-order valence-corrected chi connectivity index (χ3v) is 3.43. The van der Waals surface area contributed by atoms with Gasteiger partial charge in [0.1, 0.15) is 11.5 Å². The van der Waals surface area contributed by atoms with Gasteiger partial charge in [0, 0.05) is 18.7 Å². The molecule has 1 N–H and O–H groups in total. The zero-order valence-corrected chi connectivity index (χ0v) is 12.0. The summed E-state index contributed by atoms with van der Waals surface area (Å²) >= 11 is 0. The van der Waals surface area contributed by atoms with Gasteiger partial charge in [0.25, 0.3) is 0 Å². The number of rotatable bonds is 5. The lowest BCUT2D eigenvalue weighted by Crippen LogP contribution is -2.33. The van der Waals surface area contributed by atoms with Crippen molar-refractivity contribution < 1.29 is 14.2 Å². The first-order valence-corrected chi connectivity index (χ1v) is 6.87. The van der Waals surface area contributed by atoms with E-state index in [9.17, 15) is 0 Å². The van der Waals surface area contributed by atoms with Crippen LogP contribution in [0.2, 0.25) is 0 Å². The molecule has 1 aliphatic heterocycles. The lowest BCUT2D eigenvalue weighted by atomic mass is 10.0. The van der Waals surface area contributed by atoms with Crippen molar-refractivity contribution in [2.45, 2.75) is 25.9 Å². The van der Waals surface area contributed by atoms with E-state index in [2.05, 4.69) is 24.4 Å². The van der Waals surface area contributed by atoms with Gasteiger partial charge in [-0.15, -0.1) is 0 Å². The summed E-state index contributed by atoms with van der Waals surface area (Å²) in [4.78, 5) is 0. The highest BCUT2D eigenvalue weighted by Crippen LogP contribution is 2.35. The van der Waals surface area contributed by atoms with Gasteiger partial charge in [-0.2, -0.15) is 0 Å². The van der Waals surface area contributed by atoms with Crippen LogP contribution in [0.1, 0.15) is 30.6 Å². The molecule has 106 valence electrons. The minimum Gasteiger partial charge on any atom is -0.496 e. The fraction of sp³-hybridized carbons (Fsp3) is 0.600. The van der Waals surface area contributed by atoms with Crippen LogP contribution in [-0.2, 0) is 11.2 Å². The molecule has 0 radical (unpaired) electrons. The van der Waals surface area contributed by atoms with Crippen molar-refractivity contribution in [2.75, 3.05) is 33.9 Å². The van der Waals surface area contributed by atoms with Crippen molar-refractivity contribution in [1.82, 2.24) is 5.32 Å². The number of methoxy groups -OCH3 is 2. The summed E-state index contributed by atoms with van der Waals surface area (Å²) in [7, 11) is 3.42. The molecule has 1 unspecified atom stereocenters. The highest BCUT2D eigenvalue weighted by atomic mass is 16.5. The van der Waals surface area contributed by atoms with Gasteiger partial charge in [-0.25, -0.2) is 0 Å². The SMILES string of the molecule is CCCc1cc(OC)c(C2CNCCO2)cc1OC. The first kappa shape index (κ1) is 14.2. The number of ether oxygens (including phenoxy) is 3. The van der Waals surface area contributed by atoms with E-state index in [0.29, 0.717) is 0 Å².